The van der Waals surface area contributed by atoms with Crippen molar-refractivity contribution in [2.45, 2.75) is 46.1 Å². The summed E-state index contributed by atoms with van der Waals surface area (Å²) in [6.07, 6.45) is 4.35. The number of hydrogen-bond acceptors (Lipinski definition) is 1. The van der Waals surface area contributed by atoms with Gasteiger partial charge in [-0.05, 0) is 43.1 Å². The summed E-state index contributed by atoms with van der Waals surface area (Å²) in [5, 5.41) is 3.53. The minimum atomic E-state index is 0.530. The molecule has 70 valence electrons. The van der Waals surface area contributed by atoms with E-state index in [0.717, 1.165) is 12.0 Å². The first-order chi connectivity index (χ1) is 5.50. The maximum atomic E-state index is 3.53. The summed E-state index contributed by atoms with van der Waals surface area (Å²) in [7, 11) is 2.12. The van der Waals surface area contributed by atoms with Crippen LogP contribution in [0.4, 0.5) is 0 Å². The Bertz CT molecular complexity index is 192. The molecular weight excluding hydrogens is 146 g/mol. The van der Waals surface area contributed by atoms with E-state index in [1.165, 1.54) is 19.3 Å². The van der Waals surface area contributed by atoms with Crippen molar-refractivity contribution in [1.29, 1.82) is 0 Å². The second kappa shape index (κ2) is 2.25. The van der Waals surface area contributed by atoms with Crippen molar-refractivity contribution in [2.75, 3.05) is 7.05 Å². The van der Waals surface area contributed by atoms with E-state index < -0.39 is 0 Å². The molecule has 2 saturated carbocycles. The highest BCUT2D eigenvalue weighted by Crippen LogP contribution is 2.62. The summed E-state index contributed by atoms with van der Waals surface area (Å²) >= 11 is 0. The second-order valence-corrected chi connectivity index (χ2v) is 5.64. The minimum Gasteiger partial charge on any atom is -0.316 e. The van der Waals surface area contributed by atoms with E-state index in [4.69, 9.17) is 0 Å². The SMILES string of the molecule is CN[C@@H]1C(C)(C)[C@H]2CC[C@]1(C)C2. The molecule has 2 bridgehead atoms. The fourth-order valence-corrected chi connectivity index (χ4v) is 4.02. The maximum absolute atomic E-state index is 3.53. The maximum Gasteiger partial charge on any atom is 0.0172 e. The zero-order chi connectivity index (χ0) is 8.98. The van der Waals surface area contributed by atoms with Gasteiger partial charge in [-0.15, -0.1) is 0 Å². The quantitative estimate of drug-likeness (QED) is 0.632. The fraction of sp³-hybridized carbons (Fsp3) is 1.00. The van der Waals surface area contributed by atoms with E-state index in [1.807, 2.05) is 0 Å². The third-order valence-corrected chi connectivity index (χ3v) is 4.56. The second-order valence-electron chi connectivity index (χ2n) is 5.64. The molecule has 2 fully saturated rings. The zero-order valence-electron chi connectivity index (χ0n) is 8.78. The van der Waals surface area contributed by atoms with Crippen molar-refractivity contribution in [3.05, 3.63) is 0 Å². The highest BCUT2D eigenvalue weighted by Gasteiger charge is 2.58. The zero-order valence-corrected chi connectivity index (χ0v) is 8.78. The summed E-state index contributed by atoms with van der Waals surface area (Å²) in [5.41, 5.74) is 1.13. The van der Waals surface area contributed by atoms with E-state index >= 15 is 0 Å². The van der Waals surface area contributed by atoms with E-state index in [2.05, 4.69) is 33.1 Å². The highest BCUT2D eigenvalue weighted by molar-refractivity contribution is 5.11. The topological polar surface area (TPSA) is 12.0 Å². The van der Waals surface area contributed by atoms with Gasteiger partial charge in [0.05, 0.1) is 0 Å². The number of rotatable bonds is 1. The van der Waals surface area contributed by atoms with E-state index in [1.54, 1.807) is 0 Å². The molecule has 0 aromatic heterocycles. The molecule has 0 radical (unpaired) electrons. The Morgan fingerprint density at radius 1 is 1.25 bits per heavy atom. The van der Waals surface area contributed by atoms with Crippen molar-refractivity contribution < 1.29 is 0 Å². The lowest BCUT2D eigenvalue weighted by atomic mass is 9.68. The molecule has 2 rings (SSSR count). The third-order valence-electron chi connectivity index (χ3n) is 4.56. The van der Waals surface area contributed by atoms with Gasteiger partial charge in [-0.1, -0.05) is 20.8 Å². The van der Waals surface area contributed by atoms with Crippen LogP contribution in [-0.4, -0.2) is 13.1 Å². The third kappa shape index (κ3) is 0.834. The van der Waals surface area contributed by atoms with E-state index in [0.29, 0.717) is 10.8 Å². The molecule has 0 saturated heterocycles. The fourth-order valence-electron chi connectivity index (χ4n) is 4.02. The van der Waals surface area contributed by atoms with Crippen molar-refractivity contribution in [3.63, 3.8) is 0 Å². The van der Waals surface area contributed by atoms with E-state index in [9.17, 15) is 0 Å². The van der Waals surface area contributed by atoms with Crippen LogP contribution in [0.25, 0.3) is 0 Å². The van der Waals surface area contributed by atoms with Crippen molar-refractivity contribution in [2.24, 2.45) is 16.7 Å². The average molecular weight is 167 g/mol. The van der Waals surface area contributed by atoms with Crippen LogP contribution in [0.1, 0.15) is 40.0 Å². The van der Waals surface area contributed by atoms with Gasteiger partial charge in [0.2, 0.25) is 0 Å². The Labute approximate surface area is 75.9 Å². The summed E-state index contributed by atoms with van der Waals surface area (Å²) in [6, 6.07) is 0.740. The smallest absolute Gasteiger partial charge is 0.0172 e. The van der Waals surface area contributed by atoms with Crippen LogP contribution in [-0.2, 0) is 0 Å². The molecule has 3 atom stereocenters. The molecule has 2 aliphatic rings. The molecular formula is C11H21N. The molecule has 0 unspecified atom stereocenters. The van der Waals surface area contributed by atoms with Crippen LogP contribution >= 0.6 is 0 Å². The van der Waals surface area contributed by atoms with Crippen molar-refractivity contribution in [1.82, 2.24) is 5.32 Å². The monoisotopic (exact) mass is 167 g/mol. The van der Waals surface area contributed by atoms with Gasteiger partial charge < -0.3 is 5.32 Å². The normalized spacial score (nSPS) is 50.0. The lowest BCUT2D eigenvalue weighted by Gasteiger charge is -2.42. The molecule has 0 aromatic carbocycles. The first kappa shape index (κ1) is 8.55. The van der Waals surface area contributed by atoms with Gasteiger partial charge >= 0.3 is 0 Å². The van der Waals surface area contributed by atoms with Crippen LogP contribution < -0.4 is 5.32 Å². The van der Waals surface area contributed by atoms with E-state index in [-0.39, 0.29) is 0 Å². The molecule has 0 aromatic rings. The first-order valence-corrected chi connectivity index (χ1v) is 5.18. The molecule has 0 amide bonds. The van der Waals surface area contributed by atoms with Gasteiger partial charge in [-0.3, -0.25) is 0 Å². The Morgan fingerprint density at radius 3 is 2.25 bits per heavy atom. The lowest BCUT2D eigenvalue weighted by molar-refractivity contribution is 0.116. The van der Waals surface area contributed by atoms with Crippen LogP contribution in [0.5, 0.6) is 0 Å². The number of nitrogens with one attached hydrogen (secondary N) is 1. The molecule has 12 heavy (non-hydrogen) atoms. The molecule has 1 heteroatoms. The Balaban J connectivity index is 2.31. The summed E-state index contributed by atoms with van der Waals surface area (Å²) in [5.74, 6) is 0.972. The minimum absolute atomic E-state index is 0.530. The standard InChI is InChI=1S/C11H21N/c1-10(2)8-5-6-11(3,7-8)9(10)12-4/h8-9,12H,5-7H2,1-4H3/t8-,9+,11+/m0/s1. The highest BCUT2D eigenvalue weighted by atomic mass is 15.0. The van der Waals surface area contributed by atoms with Crippen molar-refractivity contribution in [3.8, 4) is 0 Å². The molecule has 2 aliphatic carbocycles. The van der Waals surface area contributed by atoms with Gasteiger partial charge in [0.1, 0.15) is 0 Å². The number of fused-ring (bicyclic) bond motifs is 2. The molecule has 1 nitrogen and oxygen atoms in total. The Morgan fingerprint density at radius 2 is 1.92 bits per heavy atom. The number of hydrogen-bond donors (Lipinski definition) is 1. The summed E-state index contributed by atoms with van der Waals surface area (Å²) in [6.45, 7) is 7.33. The average Bonchev–Trinajstić information content (AvgIpc) is 2.39. The molecule has 0 aliphatic heterocycles. The van der Waals surface area contributed by atoms with Gasteiger partial charge in [0.15, 0.2) is 0 Å². The predicted molar refractivity (Wildman–Crippen MR) is 52.1 cm³/mol. The molecule has 0 heterocycles. The van der Waals surface area contributed by atoms with Crippen LogP contribution in [0.2, 0.25) is 0 Å². The largest absolute Gasteiger partial charge is 0.316 e. The summed E-state index contributed by atoms with van der Waals surface area (Å²) < 4.78 is 0. The van der Waals surface area contributed by atoms with Crippen molar-refractivity contribution >= 4 is 0 Å². The van der Waals surface area contributed by atoms with Crippen LogP contribution in [0.15, 0.2) is 0 Å². The first-order valence-electron chi connectivity index (χ1n) is 5.18. The van der Waals surface area contributed by atoms with Crippen LogP contribution in [0, 0.1) is 16.7 Å². The molecule has 1 N–H and O–H groups in total. The predicted octanol–water partition coefficient (Wildman–Crippen LogP) is 2.42. The van der Waals surface area contributed by atoms with Gasteiger partial charge in [-0.2, -0.15) is 0 Å². The lowest BCUT2D eigenvalue weighted by Crippen LogP contribution is -2.48. The Kier molecular flexibility index (Phi) is 1.61. The van der Waals surface area contributed by atoms with Gasteiger partial charge in [0, 0.05) is 6.04 Å². The molecule has 0 spiro atoms. The Hall–Kier alpha value is -0.0400. The summed E-state index contributed by atoms with van der Waals surface area (Å²) in [4.78, 5) is 0. The van der Waals surface area contributed by atoms with Gasteiger partial charge in [-0.25, -0.2) is 0 Å². The van der Waals surface area contributed by atoms with Crippen LogP contribution in [0.3, 0.4) is 0 Å². The van der Waals surface area contributed by atoms with Gasteiger partial charge in [0.25, 0.3) is 0 Å².